The zero-order valence-electron chi connectivity index (χ0n) is 15.1. The van der Waals surface area contributed by atoms with Crippen LogP contribution in [0.3, 0.4) is 0 Å². The Hall–Kier alpha value is -1.55. The van der Waals surface area contributed by atoms with Gasteiger partial charge in [-0.05, 0) is 51.0 Å². The van der Waals surface area contributed by atoms with E-state index in [4.69, 9.17) is 9.47 Å². The zero-order chi connectivity index (χ0) is 17.3. The summed E-state index contributed by atoms with van der Waals surface area (Å²) in [7, 11) is 1.75. The molecule has 1 N–H and O–H groups in total. The maximum atomic E-state index is 12.9. The SMILES string of the molecule is CO[C@@H]1CCC[C@@H](C(=O)N[C@@H]2CC3(CCCC3)Oc3ccccc32)C1. The number of benzene rings is 1. The Morgan fingerprint density at radius 1 is 1.20 bits per heavy atom. The molecule has 1 spiro atoms. The molecule has 0 unspecified atom stereocenters. The van der Waals surface area contributed by atoms with Crippen LogP contribution in [0.2, 0.25) is 0 Å². The van der Waals surface area contributed by atoms with Gasteiger partial charge in [0, 0.05) is 25.0 Å². The van der Waals surface area contributed by atoms with E-state index in [1.54, 1.807) is 7.11 Å². The largest absolute Gasteiger partial charge is 0.487 e. The Morgan fingerprint density at radius 2 is 2.00 bits per heavy atom. The van der Waals surface area contributed by atoms with Crippen LogP contribution < -0.4 is 10.1 Å². The second kappa shape index (κ2) is 6.99. The van der Waals surface area contributed by atoms with Gasteiger partial charge >= 0.3 is 0 Å². The summed E-state index contributed by atoms with van der Waals surface area (Å²) in [4.78, 5) is 12.9. The van der Waals surface area contributed by atoms with Gasteiger partial charge in [0.1, 0.15) is 11.4 Å². The van der Waals surface area contributed by atoms with E-state index < -0.39 is 0 Å². The molecular weight excluding hydrogens is 314 g/mol. The number of rotatable bonds is 3. The van der Waals surface area contributed by atoms with Crippen LogP contribution in [0.5, 0.6) is 5.75 Å². The van der Waals surface area contributed by atoms with Crippen molar-refractivity contribution in [3.63, 3.8) is 0 Å². The molecule has 2 saturated carbocycles. The van der Waals surface area contributed by atoms with Gasteiger partial charge in [0.05, 0.1) is 12.1 Å². The maximum Gasteiger partial charge on any atom is 0.223 e. The third kappa shape index (κ3) is 3.41. The predicted octanol–water partition coefficient (Wildman–Crippen LogP) is 4.14. The molecule has 25 heavy (non-hydrogen) atoms. The molecule has 0 bridgehead atoms. The Bertz CT molecular complexity index is 623. The number of carbonyl (C=O) groups excluding carboxylic acids is 1. The zero-order valence-corrected chi connectivity index (χ0v) is 15.1. The number of hydrogen-bond donors (Lipinski definition) is 1. The lowest BCUT2D eigenvalue weighted by Gasteiger charge is -2.41. The van der Waals surface area contributed by atoms with Crippen LogP contribution in [0.15, 0.2) is 24.3 Å². The van der Waals surface area contributed by atoms with Crippen LogP contribution in [0, 0.1) is 5.92 Å². The lowest BCUT2D eigenvalue weighted by molar-refractivity contribution is -0.129. The smallest absolute Gasteiger partial charge is 0.223 e. The maximum absolute atomic E-state index is 12.9. The molecular formula is C21H29NO3. The fraction of sp³-hybridized carbons (Fsp3) is 0.667. The van der Waals surface area contributed by atoms with E-state index >= 15 is 0 Å². The number of fused-ring (bicyclic) bond motifs is 1. The normalized spacial score (nSPS) is 30.5. The van der Waals surface area contributed by atoms with E-state index in [2.05, 4.69) is 17.4 Å². The third-order valence-electron chi connectivity index (χ3n) is 6.36. The second-order valence-corrected chi connectivity index (χ2v) is 8.02. The van der Waals surface area contributed by atoms with Crippen molar-refractivity contribution in [2.24, 2.45) is 5.92 Å². The summed E-state index contributed by atoms with van der Waals surface area (Å²) in [5.41, 5.74) is 1.06. The lowest BCUT2D eigenvalue weighted by atomic mass is 9.84. The molecule has 1 aromatic rings. The van der Waals surface area contributed by atoms with E-state index in [1.807, 2.05) is 12.1 Å². The molecule has 4 heteroatoms. The highest BCUT2D eigenvalue weighted by Gasteiger charge is 2.43. The van der Waals surface area contributed by atoms with Crippen LogP contribution in [-0.4, -0.2) is 24.7 Å². The Balaban J connectivity index is 1.51. The van der Waals surface area contributed by atoms with Gasteiger partial charge in [-0.1, -0.05) is 24.6 Å². The lowest BCUT2D eigenvalue weighted by Crippen LogP contribution is -2.45. The number of para-hydroxylation sites is 1. The first-order valence-corrected chi connectivity index (χ1v) is 9.80. The Kier molecular flexibility index (Phi) is 4.72. The molecule has 2 fully saturated rings. The molecule has 1 aromatic carbocycles. The summed E-state index contributed by atoms with van der Waals surface area (Å²) in [5.74, 6) is 1.23. The average Bonchev–Trinajstić information content (AvgIpc) is 3.09. The minimum absolute atomic E-state index is 0.0680. The number of nitrogens with one attached hydrogen (secondary N) is 1. The minimum Gasteiger partial charge on any atom is -0.487 e. The highest BCUT2D eigenvalue weighted by Crippen LogP contribution is 2.47. The van der Waals surface area contributed by atoms with E-state index in [-0.39, 0.29) is 29.6 Å². The average molecular weight is 343 g/mol. The predicted molar refractivity (Wildman–Crippen MR) is 96.5 cm³/mol. The number of ether oxygens (including phenoxy) is 2. The molecule has 2 aliphatic carbocycles. The highest BCUT2D eigenvalue weighted by molar-refractivity contribution is 5.79. The Morgan fingerprint density at radius 3 is 2.80 bits per heavy atom. The van der Waals surface area contributed by atoms with Gasteiger partial charge < -0.3 is 14.8 Å². The van der Waals surface area contributed by atoms with Gasteiger partial charge in [0.15, 0.2) is 0 Å². The molecule has 1 amide bonds. The Labute approximate surface area is 150 Å². The van der Waals surface area contributed by atoms with Crippen LogP contribution in [0.1, 0.15) is 69.4 Å². The summed E-state index contributed by atoms with van der Waals surface area (Å²) in [6, 6.07) is 8.28. The summed E-state index contributed by atoms with van der Waals surface area (Å²) >= 11 is 0. The summed E-state index contributed by atoms with van der Waals surface area (Å²) in [6.07, 6.45) is 9.74. The molecule has 3 aliphatic rings. The molecule has 136 valence electrons. The standard InChI is InChI=1S/C21H29NO3/c1-24-16-8-6-7-15(13-16)20(23)22-18-14-21(11-4-5-12-21)25-19-10-3-2-9-17(18)19/h2-3,9-10,15-16,18H,4-8,11-14H2,1H3,(H,22,23)/t15-,16-,18-/m1/s1. The first kappa shape index (κ1) is 16.9. The second-order valence-electron chi connectivity index (χ2n) is 8.02. The molecule has 1 heterocycles. The van der Waals surface area contributed by atoms with Crippen molar-refractivity contribution in [2.45, 2.75) is 75.5 Å². The van der Waals surface area contributed by atoms with Crippen molar-refractivity contribution in [3.8, 4) is 5.75 Å². The van der Waals surface area contributed by atoms with E-state index in [0.29, 0.717) is 0 Å². The van der Waals surface area contributed by atoms with Crippen molar-refractivity contribution in [3.05, 3.63) is 29.8 Å². The van der Waals surface area contributed by atoms with Gasteiger partial charge in [-0.15, -0.1) is 0 Å². The van der Waals surface area contributed by atoms with Crippen LogP contribution in [0.4, 0.5) is 0 Å². The minimum atomic E-state index is -0.0755. The molecule has 0 radical (unpaired) electrons. The van der Waals surface area contributed by atoms with Gasteiger partial charge in [-0.2, -0.15) is 0 Å². The van der Waals surface area contributed by atoms with Crippen LogP contribution in [0.25, 0.3) is 0 Å². The summed E-state index contributed by atoms with van der Waals surface area (Å²) in [6.45, 7) is 0. The van der Waals surface area contributed by atoms with Crippen LogP contribution >= 0.6 is 0 Å². The molecule has 3 atom stereocenters. The fourth-order valence-corrected chi connectivity index (χ4v) is 4.96. The summed E-state index contributed by atoms with van der Waals surface area (Å²) < 4.78 is 11.9. The molecule has 1 aliphatic heterocycles. The van der Waals surface area contributed by atoms with Gasteiger partial charge in [-0.25, -0.2) is 0 Å². The van der Waals surface area contributed by atoms with E-state index in [9.17, 15) is 4.79 Å². The molecule has 4 rings (SSSR count). The third-order valence-corrected chi connectivity index (χ3v) is 6.36. The number of amides is 1. The monoisotopic (exact) mass is 343 g/mol. The molecule has 0 saturated heterocycles. The molecule has 0 aromatic heterocycles. The summed E-state index contributed by atoms with van der Waals surface area (Å²) in [5, 5.41) is 3.37. The quantitative estimate of drug-likeness (QED) is 0.897. The topological polar surface area (TPSA) is 47.6 Å². The van der Waals surface area contributed by atoms with Gasteiger partial charge in [-0.3, -0.25) is 4.79 Å². The highest BCUT2D eigenvalue weighted by atomic mass is 16.5. The number of hydrogen-bond acceptors (Lipinski definition) is 3. The van der Waals surface area contributed by atoms with Crippen molar-refractivity contribution in [1.29, 1.82) is 0 Å². The molecule has 4 nitrogen and oxygen atoms in total. The first-order valence-electron chi connectivity index (χ1n) is 9.80. The van der Waals surface area contributed by atoms with E-state index in [0.717, 1.165) is 56.3 Å². The van der Waals surface area contributed by atoms with Crippen molar-refractivity contribution in [2.75, 3.05) is 7.11 Å². The first-order chi connectivity index (χ1) is 12.2. The van der Waals surface area contributed by atoms with Gasteiger partial charge in [0.2, 0.25) is 5.91 Å². The van der Waals surface area contributed by atoms with Crippen LogP contribution in [-0.2, 0) is 9.53 Å². The van der Waals surface area contributed by atoms with Crippen molar-refractivity contribution >= 4 is 5.91 Å². The van der Waals surface area contributed by atoms with E-state index in [1.165, 1.54) is 12.8 Å². The van der Waals surface area contributed by atoms with Gasteiger partial charge in [0.25, 0.3) is 0 Å². The van der Waals surface area contributed by atoms with Crippen molar-refractivity contribution in [1.82, 2.24) is 5.32 Å². The number of methoxy groups -OCH3 is 1. The van der Waals surface area contributed by atoms with Crippen molar-refractivity contribution < 1.29 is 14.3 Å². The fourth-order valence-electron chi connectivity index (χ4n) is 4.96. The number of carbonyl (C=O) groups is 1.